The molecule has 24 heavy (non-hydrogen) atoms. The molecule has 2 rings (SSSR count). The largest absolute Gasteiger partial charge is 0.468 e. The van der Waals surface area contributed by atoms with Gasteiger partial charge in [0, 0.05) is 18.1 Å². The molecule has 0 aliphatic carbocycles. The summed E-state index contributed by atoms with van der Waals surface area (Å²) in [7, 11) is 4.07. The van der Waals surface area contributed by atoms with E-state index in [0.717, 1.165) is 28.9 Å². The second-order valence-electron chi connectivity index (χ2n) is 5.70. The van der Waals surface area contributed by atoms with Gasteiger partial charge >= 0.3 is 0 Å². The van der Waals surface area contributed by atoms with Gasteiger partial charge in [-0.25, -0.2) is 4.99 Å². The Kier molecular flexibility index (Phi) is 7.15. The Balaban J connectivity index is 1.99. The van der Waals surface area contributed by atoms with Gasteiger partial charge in [-0.1, -0.05) is 23.7 Å². The van der Waals surface area contributed by atoms with Gasteiger partial charge in [0.25, 0.3) is 0 Å². The van der Waals surface area contributed by atoms with Crippen molar-refractivity contribution in [1.82, 2.24) is 15.5 Å². The summed E-state index contributed by atoms with van der Waals surface area (Å²) in [6.45, 7) is 4.15. The van der Waals surface area contributed by atoms with E-state index in [9.17, 15) is 0 Å². The van der Waals surface area contributed by atoms with E-state index in [1.54, 1.807) is 6.26 Å². The SMILES string of the molecule is CCNC(=NCc1ccc(Cl)cc1)NCC(c1ccco1)N(C)C. The van der Waals surface area contributed by atoms with Gasteiger partial charge in [-0.3, -0.25) is 4.90 Å². The number of aliphatic imine (C=N–C) groups is 1. The molecule has 0 bridgehead atoms. The summed E-state index contributed by atoms with van der Waals surface area (Å²) in [5.74, 6) is 1.71. The van der Waals surface area contributed by atoms with Crippen molar-refractivity contribution < 1.29 is 4.42 Å². The third-order valence-electron chi connectivity index (χ3n) is 3.64. The molecule has 1 unspecified atom stereocenters. The molecular formula is C18H25ClN4O. The lowest BCUT2D eigenvalue weighted by atomic mass is 10.2. The number of guanidine groups is 1. The summed E-state index contributed by atoms with van der Waals surface area (Å²) in [5.41, 5.74) is 1.12. The van der Waals surface area contributed by atoms with Crippen LogP contribution in [0.25, 0.3) is 0 Å². The van der Waals surface area contributed by atoms with E-state index < -0.39 is 0 Å². The average Bonchev–Trinajstić information content (AvgIpc) is 3.08. The maximum absolute atomic E-state index is 5.91. The van der Waals surface area contributed by atoms with Gasteiger partial charge in [0.1, 0.15) is 5.76 Å². The normalized spacial score (nSPS) is 13.1. The van der Waals surface area contributed by atoms with Crippen molar-refractivity contribution in [2.24, 2.45) is 4.99 Å². The van der Waals surface area contributed by atoms with Crippen molar-refractivity contribution in [3.05, 3.63) is 59.0 Å². The monoisotopic (exact) mass is 348 g/mol. The molecule has 0 saturated heterocycles. The molecule has 2 aromatic rings. The molecule has 5 nitrogen and oxygen atoms in total. The topological polar surface area (TPSA) is 52.8 Å². The number of benzene rings is 1. The van der Waals surface area contributed by atoms with Crippen molar-refractivity contribution in [3.8, 4) is 0 Å². The number of likely N-dealkylation sites (N-methyl/N-ethyl adjacent to an activating group) is 1. The van der Waals surface area contributed by atoms with Crippen LogP contribution in [0.15, 0.2) is 52.1 Å². The number of nitrogens with zero attached hydrogens (tertiary/aromatic N) is 2. The van der Waals surface area contributed by atoms with Crippen molar-refractivity contribution in [3.63, 3.8) is 0 Å². The number of furan rings is 1. The Morgan fingerprint density at radius 3 is 2.54 bits per heavy atom. The number of nitrogens with one attached hydrogen (secondary N) is 2. The summed E-state index contributed by atoms with van der Waals surface area (Å²) >= 11 is 5.91. The maximum Gasteiger partial charge on any atom is 0.191 e. The smallest absolute Gasteiger partial charge is 0.191 e. The second-order valence-corrected chi connectivity index (χ2v) is 6.13. The van der Waals surface area contributed by atoms with Crippen LogP contribution in [0.1, 0.15) is 24.3 Å². The molecule has 2 N–H and O–H groups in total. The molecule has 1 heterocycles. The lowest BCUT2D eigenvalue weighted by Crippen LogP contribution is -2.41. The zero-order chi connectivity index (χ0) is 17.4. The van der Waals surface area contributed by atoms with Gasteiger partial charge < -0.3 is 15.1 Å². The van der Waals surface area contributed by atoms with E-state index in [1.807, 2.05) is 50.5 Å². The molecule has 0 aliphatic rings. The molecule has 1 aromatic carbocycles. The first-order valence-electron chi connectivity index (χ1n) is 8.06. The van der Waals surface area contributed by atoms with Crippen LogP contribution in [-0.4, -0.2) is 38.0 Å². The molecular weight excluding hydrogens is 324 g/mol. The molecule has 0 saturated carbocycles. The first kappa shape index (κ1) is 18.4. The fourth-order valence-electron chi connectivity index (χ4n) is 2.31. The summed E-state index contributed by atoms with van der Waals surface area (Å²) < 4.78 is 5.54. The quantitative estimate of drug-likeness (QED) is 0.595. The highest BCUT2D eigenvalue weighted by atomic mass is 35.5. The van der Waals surface area contributed by atoms with Gasteiger partial charge in [0.05, 0.1) is 18.8 Å². The van der Waals surface area contributed by atoms with Crippen LogP contribution in [-0.2, 0) is 6.54 Å². The van der Waals surface area contributed by atoms with Gasteiger partial charge in [0.2, 0.25) is 0 Å². The highest BCUT2D eigenvalue weighted by molar-refractivity contribution is 6.30. The summed E-state index contributed by atoms with van der Waals surface area (Å²) in [5, 5.41) is 7.39. The number of hydrogen-bond donors (Lipinski definition) is 2. The van der Waals surface area contributed by atoms with Gasteiger partial charge in [-0.15, -0.1) is 0 Å². The molecule has 1 aromatic heterocycles. The Morgan fingerprint density at radius 1 is 1.21 bits per heavy atom. The molecule has 0 spiro atoms. The van der Waals surface area contributed by atoms with E-state index in [0.29, 0.717) is 13.1 Å². The van der Waals surface area contributed by atoms with E-state index in [-0.39, 0.29) is 6.04 Å². The molecule has 0 radical (unpaired) electrons. The van der Waals surface area contributed by atoms with Crippen LogP contribution in [0.5, 0.6) is 0 Å². The van der Waals surface area contributed by atoms with Crippen LogP contribution in [0.2, 0.25) is 5.02 Å². The first-order valence-corrected chi connectivity index (χ1v) is 8.44. The minimum absolute atomic E-state index is 0.138. The minimum Gasteiger partial charge on any atom is -0.468 e. The Morgan fingerprint density at radius 2 is 1.96 bits per heavy atom. The van der Waals surface area contributed by atoms with Gasteiger partial charge in [-0.05, 0) is 50.8 Å². The summed E-state index contributed by atoms with van der Waals surface area (Å²) in [6.07, 6.45) is 1.70. The van der Waals surface area contributed by atoms with Crippen molar-refractivity contribution in [1.29, 1.82) is 0 Å². The average molecular weight is 349 g/mol. The maximum atomic E-state index is 5.91. The standard InChI is InChI=1S/C18H25ClN4O/c1-4-20-18(21-12-14-7-9-15(19)10-8-14)22-13-16(23(2)3)17-6-5-11-24-17/h5-11,16H,4,12-13H2,1-3H3,(H2,20,21,22). The fourth-order valence-corrected chi connectivity index (χ4v) is 2.44. The van der Waals surface area contributed by atoms with Crippen molar-refractivity contribution >= 4 is 17.6 Å². The first-order chi connectivity index (χ1) is 11.6. The number of hydrogen-bond acceptors (Lipinski definition) is 3. The Bertz CT molecular complexity index is 623. The highest BCUT2D eigenvalue weighted by Crippen LogP contribution is 2.17. The van der Waals surface area contributed by atoms with Gasteiger partial charge in [-0.2, -0.15) is 0 Å². The van der Waals surface area contributed by atoms with E-state index >= 15 is 0 Å². The lowest BCUT2D eigenvalue weighted by Gasteiger charge is -2.23. The predicted molar refractivity (Wildman–Crippen MR) is 99.4 cm³/mol. The molecule has 0 fully saturated rings. The summed E-state index contributed by atoms with van der Waals surface area (Å²) in [4.78, 5) is 6.75. The van der Waals surface area contributed by atoms with E-state index in [4.69, 9.17) is 16.0 Å². The van der Waals surface area contributed by atoms with Crippen LogP contribution in [0.4, 0.5) is 0 Å². The van der Waals surface area contributed by atoms with Crippen LogP contribution >= 0.6 is 11.6 Å². The third-order valence-corrected chi connectivity index (χ3v) is 3.89. The molecule has 130 valence electrons. The molecule has 6 heteroatoms. The zero-order valence-corrected chi connectivity index (χ0v) is 15.2. The zero-order valence-electron chi connectivity index (χ0n) is 14.4. The molecule has 1 atom stereocenters. The number of halogens is 1. The second kappa shape index (κ2) is 9.35. The highest BCUT2D eigenvalue weighted by Gasteiger charge is 2.17. The van der Waals surface area contributed by atoms with Crippen LogP contribution in [0.3, 0.4) is 0 Å². The fraction of sp³-hybridized carbons (Fsp3) is 0.389. The van der Waals surface area contributed by atoms with Crippen LogP contribution < -0.4 is 10.6 Å². The summed E-state index contributed by atoms with van der Waals surface area (Å²) in [6, 6.07) is 11.8. The minimum atomic E-state index is 0.138. The predicted octanol–water partition coefficient (Wildman–Crippen LogP) is 3.29. The van der Waals surface area contributed by atoms with Crippen LogP contribution in [0, 0.1) is 0 Å². The van der Waals surface area contributed by atoms with E-state index in [1.165, 1.54) is 0 Å². The van der Waals surface area contributed by atoms with Crippen molar-refractivity contribution in [2.45, 2.75) is 19.5 Å². The Labute approximate surface area is 148 Å². The molecule has 0 aliphatic heterocycles. The lowest BCUT2D eigenvalue weighted by molar-refractivity contribution is 0.258. The van der Waals surface area contributed by atoms with Crippen molar-refractivity contribution in [2.75, 3.05) is 27.2 Å². The third kappa shape index (κ3) is 5.58. The number of rotatable bonds is 7. The Hall–Kier alpha value is -1.98. The van der Waals surface area contributed by atoms with Gasteiger partial charge in [0.15, 0.2) is 5.96 Å². The molecule has 0 amide bonds. The van der Waals surface area contributed by atoms with E-state index in [2.05, 4.69) is 27.4 Å².